The van der Waals surface area contributed by atoms with Crippen molar-refractivity contribution in [3.63, 3.8) is 0 Å². The third kappa shape index (κ3) is 5.62. The molecular formula is C23H20F3N5O3. The van der Waals surface area contributed by atoms with E-state index in [1.165, 1.54) is 24.3 Å². The lowest BCUT2D eigenvalue weighted by molar-refractivity contribution is -0.274. The first-order valence-corrected chi connectivity index (χ1v) is 10.1. The van der Waals surface area contributed by atoms with Crippen LogP contribution in [-0.4, -0.2) is 33.2 Å². The zero-order valence-electron chi connectivity index (χ0n) is 18.0. The maximum Gasteiger partial charge on any atom is 0.573 e. The Balaban J connectivity index is 1.50. The van der Waals surface area contributed by atoms with Crippen LogP contribution in [0.3, 0.4) is 0 Å². The highest BCUT2D eigenvalue weighted by Crippen LogP contribution is 2.29. The Morgan fingerprint density at radius 1 is 1.06 bits per heavy atom. The van der Waals surface area contributed by atoms with Gasteiger partial charge in [-0.15, -0.1) is 13.2 Å². The van der Waals surface area contributed by atoms with E-state index in [4.69, 9.17) is 10.5 Å². The van der Waals surface area contributed by atoms with Crippen molar-refractivity contribution in [2.45, 2.75) is 12.8 Å². The van der Waals surface area contributed by atoms with E-state index in [1.54, 1.807) is 30.5 Å². The number of halogens is 3. The van der Waals surface area contributed by atoms with Crippen molar-refractivity contribution in [2.24, 2.45) is 12.8 Å². The molecule has 4 rings (SSSR count). The maximum absolute atomic E-state index is 12.3. The van der Waals surface area contributed by atoms with Crippen LogP contribution < -0.4 is 20.5 Å². The van der Waals surface area contributed by atoms with Crippen LogP contribution in [0.1, 0.15) is 5.69 Å². The summed E-state index contributed by atoms with van der Waals surface area (Å²) in [5.74, 6) is 1.11. The molecule has 0 fully saturated rings. The summed E-state index contributed by atoms with van der Waals surface area (Å²) in [4.78, 5) is 20.3. The number of nitrogens with one attached hydrogen (secondary N) is 1. The van der Waals surface area contributed by atoms with Gasteiger partial charge in [0.25, 0.3) is 0 Å². The second kappa shape index (κ2) is 9.40. The summed E-state index contributed by atoms with van der Waals surface area (Å²) in [7, 11) is 1.81. The molecule has 0 saturated heterocycles. The second-order valence-corrected chi connectivity index (χ2v) is 7.35. The quantitative estimate of drug-likeness (QED) is 0.391. The van der Waals surface area contributed by atoms with Gasteiger partial charge in [0, 0.05) is 31.1 Å². The first-order valence-electron chi connectivity index (χ1n) is 10.1. The van der Waals surface area contributed by atoms with E-state index in [0.717, 1.165) is 5.52 Å². The highest BCUT2D eigenvalue weighted by molar-refractivity contribution is 5.82. The number of aromatic nitrogens is 3. The average molecular weight is 471 g/mol. The van der Waals surface area contributed by atoms with Gasteiger partial charge < -0.3 is 25.1 Å². The summed E-state index contributed by atoms with van der Waals surface area (Å²) >= 11 is 0. The van der Waals surface area contributed by atoms with Gasteiger partial charge in [0.1, 0.15) is 17.2 Å². The number of aryl methyl sites for hydroxylation is 1. The highest BCUT2D eigenvalue weighted by atomic mass is 19.4. The third-order valence-electron chi connectivity index (χ3n) is 4.83. The fourth-order valence-electron chi connectivity index (χ4n) is 3.25. The van der Waals surface area contributed by atoms with Crippen LogP contribution in [0.15, 0.2) is 60.8 Å². The van der Waals surface area contributed by atoms with Gasteiger partial charge >= 0.3 is 6.36 Å². The second-order valence-electron chi connectivity index (χ2n) is 7.35. The summed E-state index contributed by atoms with van der Waals surface area (Å²) in [5, 5.41) is 3.08. The van der Waals surface area contributed by atoms with Gasteiger partial charge in [0.15, 0.2) is 5.78 Å². The van der Waals surface area contributed by atoms with Crippen molar-refractivity contribution in [3.8, 4) is 17.2 Å². The number of carbonyl (C=O) groups excluding carboxylic acids is 1. The molecule has 0 saturated carbocycles. The summed E-state index contributed by atoms with van der Waals surface area (Å²) in [5.41, 5.74) is 7.92. The molecule has 11 heteroatoms. The van der Waals surface area contributed by atoms with Crippen LogP contribution in [-0.2, 0) is 18.3 Å². The predicted octanol–water partition coefficient (Wildman–Crippen LogP) is 4.47. The van der Waals surface area contributed by atoms with E-state index in [0.29, 0.717) is 34.3 Å². The van der Waals surface area contributed by atoms with E-state index >= 15 is 0 Å². The van der Waals surface area contributed by atoms with E-state index in [2.05, 4.69) is 20.0 Å². The zero-order chi connectivity index (χ0) is 24.3. The Labute approximate surface area is 192 Å². The fourth-order valence-corrected chi connectivity index (χ4v) is 3.25. The molecule has 0 bridgehead atoms. The number of ketones is 1. The number of imidazole rings is 1. The molecule has 8 nitrogen and oxygen atoms in total. The molecule has 0 unspecified atom stereocenters. The Morgan fingerprint density at radius 2 is 1.76 bits per heavy atom. The van der Waals surface area contributed by atoms with Crippen LogP contribution in [0.4, 0.5) is 24.8 Å². The van der Waals surface area contributed by atoms with Gasteiger partial charge in [-0.25, -0.2) is 4.98 Å². The number of alkyl halides is 3. The number of carbonyl (C=O) groups is 1. The average Bonchev–Trinajstić information content (AvgIpc) is 3.09. The predicted molar refractivity (Wildman–Crippen MR) is 119 cm³/mol. The van der Waals surface area contributed by atoms with Crippen molar-refractivity contribution in [1.29, 1.82) is 0 Å². The van der Waals surface area contributed by atoms with E-state index in [1.807, 2.05) is 17.7 Å². The van der Waals surface area contributed by atoms with Gasteiger partial charge in [0.2, 0.25) is 5.95 Å². The minimum atomic E-state index is -4.74. The smallest absolute Gasteiger partial charge is 0.457 e. The molecule has 0 aliphatic heterocycles. The number of hydrogen-bond acceptors (Lipinski definition) is 7. The molecule has 0 spiro atoms. The molecule has 2 aromatic heterocycles. The van der Waals surface area contributed by atoms with Crippen molar-refractivity contribution in [3.05, 3.63) is 66.5 Å². The fraction of sp³-hybridized carbons (Fsp3) is 0.174. The number of benzene rings is 2. The maximum atomic E-state index is 12.3. The molecule has 4 aromatic rings. The molecule has 34 heavy (non-hydrogen) atoms. The molecule has 0 atom stereocenters. The molecular weight excluding hydrogens is 451 g/mol. The van der Waals surface area contributed by atoms with Gasteiger partial charge in [-0.05, 0) is 42.5 Å². The van der Waals surface area contributed by atoms with Crippen LogP contribution in [0.5, 0.6) is 17.2 Å². The first kappa shape index (κ1) is 23.1. The van der Waals surface area contributed by atoms with E-state index < -0.39 is 6.36 Å². The Morgan fingerprint density at radius 3 is 2.47 bits per heavy atom. The van der Waals surface area contributed by atoms with E-state index in [-0.39, 0.29) is 24.5 Å². The molecule has 0 amide bonds. The van der Waals surface area contributed by atoms with Crippen molar-refractivity contribution < 1.29 is 27.4 Å². The molecule has 2 heterocycles. The lowest BCUT2D eigenvalue weighted by Crippen LogP contribution is -2.17. The van der Waals surface area contributed by atoms with Crippen molar-refractivity contribution in [2.75, 3.05) is 11.9 Å². The summed E-state index contributed by atoms with van der Waals surface area (Å²) in [6.45, 7) is -0.0506. The van der Waals surface area contributed by atoms with Gasteiger partial charge in [-0.1, -0.05) is 0 Å². The van der Waals surface area contributed by atoms with Crippen LogP contribution >= 0.6 is 0 Å². The Bertz CT molecular complexity index is 1320. The molecule has 0 radical (unpaired) electrons. The number of ether oxygens (including phenoxy) is 2. The minimum Gasteiger partial charge on any atom is -0.457 e. The van der Waals surface area contributed by atoms with Crippen LogP contribution in [0.25, 0.3) is 11.0 Å². The summed E-state index contributed by atoms with van der Waals surface area (Å²) in [6.07, 6.45) is -3.06. The number of fused-ring (bicyclic) bond motifs is 1. The SMILES string of the molecule is Cn1c(Nc2ccc(OC(F)(F)F)cc2)nc2cc(Oc3ccnc(CC(=O)CN)c3)ccc21. The molecule has 0 aliphatic carbocycles. The standard InChI is InChI=1S/C23H20F3N5O3/c1-31-21-7-6-18(33-19-8-9-28-15(11-19)10-16(32)13-27)12-20(21)30-22(31)29-14-2-4-17(5-3-14)34-23(24,25)26/h2-9,11-12H,10,13,27H2,1H3,(H,29,30). The number of nitrogens with zero attached hydrogens (tertiary/aromatic N) is 3. The number of anilines is 2. The summed E-state index contributed by atoms with van der Waals surface area (Å²) < 4.78 is 48.6. The largest absolute Gasteiger partial charge is 0.573 e. The normalized spacial score (nSPS) is 11.4. The third-order valence-corrected chi connectivity index (χ3v) is 4.83. The van der Waals surface area contributed by atoms with Crippen LogP contribution in [0, 0.1) is 0 Å². The van der Waals surface area contributed by atoms with Crippen LogP contribution in [0.2, 0.25) is 0 Å². The number of rotatable bonds is 8. The van der Waals surface area contributed by atoms with Crippen molar-refractivity contribution in [1.82, 2.24) is 14.5 Å². The van der Waals surface area contributed by atoms with Gasteiger partial charge in [-0.2, -0.15) is 0 Å². The number of Topliss-reactive ketones (excluding diaryl/α,β-unsaturated/α-hetero) is 1. The molecule has 176 valence electrons. The number of hydrogen-bond donors (Lipinski definition) is 2. The Kier molecular flexibility index (Phi) is 6.37. The number of nitrogens with two attached hydrogens (primary N) is 1. The molecule has 3 N–H and O–H groups in total. The zero-order valence-corrected chi connectivity index (χ0v) is 18.0. The molecule has 2 aromatic carbocycles. The lowest BCUT2D eigenvalue weighted by Gasteiger charge is -2.10. The lowest BCUT2D eigenvalue weighted by atomic mass is 10.2. The van der Waals surface area contributed by atoms with Gasteiger partial charge in [0.05, 0.1) is 29.7 Å². The van der Waals surface area contributed by atoms with E-state index in [9.17, 15) is 18.0 Å². The first-order chi connectivity index (χ1) is 16.2. The number of pyridine rings is 1. The minimum absolute atomic E-state index is 0.0506. The topological polar surface area (TPSA) is 104 Å². The van der Waals surface area contributed by atoms with Gasteiger partial charge in [-0.3, -0.25) is 9.78 Å². The monoisotopic (exact) mass is 471 g/mol. The Hall–Kier alpha value is -4.12. The molecule has 0 aliphatic rings. The van der Waals surface area contributed by atoms with Crippen molar-refractivity contribution >= 4 is 28.5 Å². The summed E-state index contributed by atoms with van der Waals surface area (Å²) in [6, 6.07) is 14.1. The highest BCUT2D eigenvalue weighted by Gasteiger charge is 2.31.